The molecule has 0 saturated carbocycles. The maximum atomic E-state index is 4.59. The van der Waals surface area contributed by atoms with E-state index in [4.69, 9.17) is 0 Å². The Kier molecular flexibility index (Phi) is 4.19. The normalized spacial score (nSPS) is 26.6. The van der Waals surface area contributed by atoms with E-state index in [-0.39, 0.29) is 12.1 Å². The fourth-order valence-electron chi connectivity index (χ4n) is 4.75. The van der Waals surface area contributed by atoms with Crippen LogP contribution >= 0.6 is 11.3 Å². The molecule has 2 aliphatic heterocycles. The first-order valence-corrected chi connectivity index (χ1v) is 10.9. The Morgan fingerprint density at radius 2 is 2.00 bits per heavy atom. The number of pyridine rings is 2. The van der Waals surface area contributed by atoms with Gasteiger partial charge in [0.15, 0.2) is 0 Å². The highest BCUT2D eigenvalue weighted by Gasteiger charge is 2.42. The molecular formula is C22H22N6S. The minimum Gasteiger partial charge on any atom is -0.342 e. The molecule has 6 rings (SSSR count). The van der Waals surface area contributed by atoms with Gasteiger partial charge in [0.2, 0.25) is 0 Å². The number of piperidine rings is 1. The molecule has 0 amide bonds. The largest absolute Gasteiger partial charge is 0.342 e. The summed E-state index contributed by atoms with van der Waals surface area (Å²) in [5.41, 5.74) is 11.5. The zero-order chi connectivity index (χ0) is 19.2. The molecule has 29 heavy (non-hydrogen) atoms. The van der Waals surface area contributed by atoms with Gasteiger partial charge >= 0.3 is 0 Å². The van der Waals surface area contributed by atoms with Gasteiger partial charge in [0.1, 0.15) is 5.65 Å². The van der Waals surface area contributed by atoms with E-state index in [2.05, 4.69) is 72.9 Å². The number of hydrogen-bond acceptors (Lipinski definition) is 6. The number of aromatic amines is 1. The van der Waals surface area contributed by atoms with Crippen molar-refractivity contribution >= 4 is 22.4 Å². The van der Waals surface area contributed by atoms with Crippen molar-refractivity contribution in [1.29, 1.82) is 0 Å². The summed E-state index contributed by atoms with van der Waals surface area (Å²) in [6.45, 7) is 0.925. The van der Waals surface area contributed by atoms with Crippen LogP contribution in [-0.2, 0) is 0 Å². The highest BCUT2D eigenvalue weighted by Crippen LogP contribution is 2.39. The van der Waals surface area contributed by atoms with Gasteiger partial charge in [0.05, 0.1) is 11.7 Å². The Morgan fingerprint density at radius 3 is 2.86 bits per heavy atom. The highest BCUT2D eigenvalue weighted by atomic mass is 32.1. The molecule has 4 unspecified atom stereocenters. The highest BCUT2D eigenvalue weighted by molar-refractivity contribution is 7.13. The number of fused-ring (bicyclic) bond motifs is 2. The predicted octanol–water partition coefficient (Wildman–Crippen LogP) is 3.55. The summed E-state index contributed by atoms with van der Waals surface area (Å²) < 4.78 is 0. The first kappa shape index (κ1) is 17.3. The maximum absolute atomic E-state index is 4.59. The number of H-pyrrole nitrogens is 1. The zero-order valence-corrected chi connectivity index (χ0v) is 16.6. The van der Waals surface area contributed by atoms with E-state index >= 15 is 0 Å². The third-order valence-electron chi connectivity index (χ3n) is 6.18. The zero-order valence-electron chi connectivity index (χ0n) is 15.8. The number of nitrogens with zero attached hydrogens (tertiary/aromatic N) is 2. The van der Waals surface area contributed by atoms with Crippen LogP contribution in [0.4, 0.5) is 0 Å². The molecule has 4 atom stereocenters. The van der Waals surface area contributed by atoms with E-state index in [1.807, 2.05) is 18.5 Å². The minimum absolute atomic E-state index is 0.221. The molecule has 0 aliphatic carbocycles. The molecule has 0 spiro atoms. The Bertz CT molecular complexity index is 1120. The number of nitrogens with one attached hydrogen (secondary N) is 4. The molecule has 2 saturated heterocycles. The smallest absolute Gasteiger partial charge is 0.138 e. The Morgan fingerprint density at radius 1 is 1.00 bits per heavy atom. The SMILES string of the molecule is c1ccc(C2CC3C(CN2)NNC3c2cc3c(-c4cccs4)ccnc3[nH]2)nc1. The van der Waals surface area contributed by atoms with Crippen LogP contribution in [-0.4, -0.2) is 27.5 Å². The maximum Gasteiger partial charge on any atom is 0.138 e. The summed E-state index contributed by atoms with van der Waals surface area (Å²) in [4.78, 5) is 14.0. The van der Waals surface area contributed by atoms with E-state index < -0.39 is 0 Å². The topological polar surface area (TPSA) is 77.7 Å². The van der Waals surface area contributed by atoms with Crippen LogP contribution in [0, 0.1) is 5.92 Å². The van der Waals surface area contributed by atoms with Gasteiger partial charge in [-0.05, 0) is 42.1 Å². The van der Waals surface area contributed by atoms with Gasteiger partial charge in [-0.25, -0.2) is 10.4 Å². The number of hydrogen-bond donors (Lipinski definition) is 4. The van der Waals surface area contributed by atoms with Crippen LogP contribution in [0.25, 0.3) is 21.5 Å². The van der Waals surface area contributed by atoms with Gasteiger partial charge in [-0.3, -0.25) is 10.4 Å². The third kappa shape index (κ3) is 2.98. The second-order valence-electron chi connectivity index (χ2n) is 7.81. The standard InChI is InChI=1S/C22H22N6S/c1-2-7-23-16(4-1)17-11-15-19(12-25-17)27-28-21(15)18-10-14-13(20-5-3-9-29-20)6-8-24-22(14)26-18/h1-10,15,17,19,21,25,27-28H,11-12H2,(H,24,26). The molecule has 4 aromatic rings. The molecule has 4 aromatic heterocycles. The van der Waals surface area contributed by atoms with Crippen molar-refractivity contribution in [1.82, 2.24) is 31.1 Å². The van der Waals surface area contributed by atoms with Crippen LogP contribution in [0.15, 0.2) is 60.2 Å². The van der Waals surface area contributed by atoms with Crippen LogP contribution in [0.2, 0.25) is 0 Å². The molecule has 2 fully saturated rings. The van der Waals surface area contributed by atoms with Gasteiger partial charge in [-0.1, -0.05) is 12.1 Å². The summed E-state index contributed by atoms with van der Waals surface area (Å²) in [6, 6.07) is 15.7. The summed E-state index contributed by atoms with van der Waals surface area (Å²) in [5.74, 6) is 0.474. The summed E-state index contributed by atoms with van der Waals surface area (Å²) in [7, 11) is 0. The monoisotopic (exact) mass is 402 g/mol. The number of rotatable bonds is 3. The molecule has 6 nitrogen and oxygen atoms in total. The van der Waals surface area contributed by atoms with E-state index in [1.165, 1.54) is 21.5 Å². The Labute approximate surface area is 172 Å². The molecule has 7 heteroatoms. The molecule has 4 N–H and O–H groups in total. The molecule has 2 aliphatic rings. The molecule has 0 aromatic carbocycles. The molecule has 6 heterocycles. The molecule has 146 valence electrons. The van der Waals surface area contributed by atoms with Gasteiger partial charge in [0, 0.05) is 58.5 Å². The lowest BCUT2D eigenvalue weighted by atomic mass is 9.82. The lowest BCUT2D eigenvalue weighted by molar-refractivity contribution is 0.262. The van der Waals surface area contributed by atoms with Gasteiger partial charge in [-0.2, -0.15) is 0 Å². The number of thiophene rings is 1. The van der Waals surface area contributed by atoms with Crippen LogP contribution in [0.1, 0.15) is 29.9 Å². The fraction of sp³-hybridized carbons (Fsp3) is 0.273. The van der Waals surface area contributed by atoms with E-state index in [1.54, 1.807) is 11.3 Å². The van der Waals surface area contributed by atoms with Crippen LogP contribution in [0.5, 0.6) is 0 Å². The van der Waals surface area contributed by atoms with Crippen molar-refractivity contribution in [3.8, 4) is 10.4 Å². The van der Waals surface area contributed by atoms with Crippen molar-refractivity contribution in [2.45, 2.75) is 24.5 Å². The summed E-state index contributed by atoms with van der Waals surface area (Å²) in [5, 5.41) is 6.95. The van der Waals surface area contributed by atoms with Gasteiger partial charge in [-0.15, -0.1) is 11.3 Å². The lowest BCUT2D eigenvalue weighted by Crippen LogP contribution is -2.46. The first-order chi connectivity index (χ1) is 14.4. The van der Waals surface area contributed by atoms with Crippen molar-refractivity contribution in [3.63, 3.8) is 0 Å². The summed E-state index contributed by atoms with van der Waals surface area (Å²) in [6.07, 6.45) is 4.80. The fourth-order valence-corrected chi connectivity index (χ4v) is 5.51. The first-order valence-electron chi connectivity index (χ1n) is 10.0. The minimum atomic E-state index is 0.221. The molecule has 0 bridgehead atoms. The third-order valence-corrected chi connectivity index (χ3v) is 7.08. The van der Waals surface area contributed by atoms with Crippen molar-refractivity contribution in [2.75, 3.05) is 6.54 Å². The van der Waals surface area contributed by atoms with Crippen LogP contribution in [0.3, 0.4) is 0 Å². The molecular weight excluding hydrogens is 380 g/mol. The predicted molar refractivity (Wildman–Crippen MR) is 115 cm³/mol. The molecule has 0 radical (unpaired) electrons. The van der Waals surface area contributed by atoms with E-state index in [0.717, 1.165) is 24.3 Å². The van der Waals surface area contributed by atoms with Crippen molar-refractivity contribution in [2.24, 2.45) is 5.92 Å². The Balaban J connectivity index is 1.34. The lowest BCUT2D eigenvalue weighted by Gasteiger charge is -2.33. The average Bonchev–Trinajstić information content (AvgIpc) is 3.52. The van der Waals surface area contributed by atoms with Gasteiger partial charge < -0.3 is 10.3 Å². The van der Waals surface area contributed by atoms with E-state index in [9.17, 15) is 0 Å². The Hall–Kier alpha value is -2.58. The van der Waals surface area contributed by atoms with Gasteiger partial charge in [0.25, 0.3) is 0 Å². The quantitative estimate of drug-likeness (QED) is 0.422. The van der Waals surface area contributed by atoms with Crippen molar-refractivity contribution in [3.05, 3.63) is 71.6 Å². The number of hydrazine groups is 1. The van der Waals surface area contributed by atoms with Crippen molar-refractivity contribution < 1.29 is 0 Å². The second kappa shape index (κ2) is 7.03. The average molecular weight is 403 g/mol. The summed E-state index contributed by atoms with van der Waals surface area (Å²) >= 11 is 1.76. The van der Waals surface area contributed by atoms with E-state index in [0.29, 0.717) is 12.0 Å². The second-order valence-corrected chi connectivity index (χ2v) is 8.76. The number of aromatic nitrogens is 3. The van der Waals surface area contributed by atoms with Crippen LogP contribution < -0.4 is 16.2 Å².